The third-order valence-electron chi connectivity index (χ3n) is 3.92. The van der Waals surface area contributed by atoms with Gasteiger partial charge in [-0.1, -0.05) is 6.07 Å². The number of nitrogens with zero attached hydrogens (tertiary/aromatic N) is 1. The van der Waals surface area contributed by atoms with E-state index < -0.39 is 0 Å². The zero-order valence-corrected chi connectivity index (χ0v) is 13.5. The number of aromatic nitrogens is 1. The average molecular weight is 328 g/mol. The summed E-state index contributed by atoms with van der Waals surface area (Å²) in [6.07, 6.45) is 3.79. The van der Waals surface area contributed by atoms with Crippen molar-refractivity contribution >= 4 is 11.6 Å². The Labute approximate surface area is 140 Å². The highest BCUT2D eigenvalue weighted by Crippen LogP contribution is 2.20. The first-order valence-electron chi connectivity index (χ1n) is 7.94. The van der Waals surface area contributed by atoms with E-state index in [0.29, 0.717) is 23.6 Å². The van der Waals surface area contributed by atoms with Gasteiger partial charge in [-0.15, -0.1) is 0 Å². The smallest absolute Gasteiger partial charge is 0.255 e. The van der Waals surface area contributed by atoms with Crippen molar-refractivity contribution < 1.29 is 14.3 Å². The Morgan fingerprint density at radius 3 is 3.00 bits per heavy atom. The van der Waals surface area contributed by atoms with E-state index in [4.69, 9.17) is 9.47 Å². The van der Waals surface area contributed by atoms with E-state index in [9.17, 15) is 9.59 Å². The zero-order valence-electron chi connectivity index (χ0n) is 13.5. The van der Waals surface area contributed by atoms with Crippen LogP contribution >= 0.6 is 0 Å². The Morgan fingerprint density at radius 1 is 1.38 bits per heavy atom. The molecule has 6 heteroatoms. The second-order valence-electron chi connectivity index (χ2n) is 5.79. The molecule has 0 bridgehead atoms. The number of hydrogen-bond acceptors (Lipinski definition) is 4. The second-order valence-corrected chi connectivity index (χ2v) is 5.79. The fourth-order valence-corrected chi connectivity index (χ4v) is 2.52. The summed E-state index contributed by atoms with van der Waals surface area (Å²) in [5, 5.41) is 2.77. The summed E-state index contributed by atoms with van der Waals surface area (Å²) in [6, 6.07) is 10.1. The van der Waals surface area contributed by atoms with Crippen LogP contribution in [-0.2, 0) is 11.8 Å². The van der Waals surface area contributed by atoms with Gasteiger partial charge in [0.25, 0.3) is 11.5 Å². The van der Waals surface area contributed by atoms with Crippen LogP contribution in [0, 0.1) is 0 Å². The lowest BCUT2D eigenvalue weighted by atomic mass is 10.2. The Balaban J connectivity index is 1.63. The molecular formula is C18H20N2O4. The number of carbonyl (C=O) groups is 1. The molecule has 1 fully saturated rings. The van der Waals surface area contributed by atoms with Gasteiger partial charge in [0.2, 0.25) is 0 Å². The number of ether oxygens (including phenoxy) is 2. The normalized spacial score (nSPS) is 16.8. The molecule has 24 heavy (non-hydrogen) atoms. The maximum atomic E-state index is 12.2. The highest BCUT2D eigenvalue weighted by atomic mass is 16.5. The molecule has 1 N–H and O–H groups in total. The van der Waals surface area contributed by atoms with Gasteiger partial charge in [0.15, 0.2) is 0 Å². The molecule has 1 saturated heterocycles. The number of carbonyl (C=O) groups excluding carboxylic acids is 1. The number of rotatable bonds is 5. The average Bonchev–Trinajstić information content (AvgIpc) is 3.09. The van der Waals surface area contributed by atoms with Crippen LogP contribution in [0.25, 0.3) is 0 Å². The molecule has 3 rings (SSSR count). The van der Waals surface area contributed by atoms with Gasteiger partial charge in [-0.05, 0) is 31.0 Å². The molecule has 1 aromatic heterocycles. The summed E-state index contributed by atoms with van der Waals surface area (Å²) >= 11 is 0. The van der Waals surface area contributed by atoms with Crippen molar-refractivity contribution in [3.63, 3.8) is 0 Å². The van der Waals surface area contributed by atoms with Crippen molar-refractivity contribution in [1.29, 1.82) is 0 Å². The number of pyridine rings is 1. The molecule has 1 aliphatic heterocycles. The van der Waals surface area contributed by atoms with E-state index in [1.807, 2.05) is 12.1 Å². The summed E-state index contributed by atoms with van der Waals surface area (Å²) in [4.78, 5) is 23.8. The van der Waals surface area contributed by atoms with Gasteiger partial charge in [-0.25, -0.2) is 0 Å². The minimum Gasteiger partial charge on any atom is -0.491 e. The Bertz CT molecular complexity index is 779. The Kier molecular flexibility index (Phi) is 4.96. The molecule has 2 heterocycles. The topological polar surface area (TPSA) is 69.6 Å². The number of aryl methyl sites for hydroxylation is 1. The summed E-state index contributed by atoms with van der Waals surface area (Å²) in [5.41, 5.74) is 0.714. The summed E-state index contributed by atoms with van der Waals surface area (Å²) in [5.74, 6) is 0.344. The van der Waals surface area contributed by atoms with Crippen LogP contribution in [0.15, 0.2) is 47.4 Å². The van der Waals surface area contributed by atoms with Crippen LogP contribution in [0.4, 0.5) is 5.69 Å². The largest absolute Gasteiger partial charge is 0.491 e. The Hall–Kier alpha value is -2.60. The first-order valence-corrected chi connectivity index (χ1v) is 7.94. The number of nitrogens with one attached hydrogen (secondary N) is 1. The van der Waals surface area contributed by atoms with E-state index in [0.717, 1.165) is 19.4 Å². The molecule has 6 nitrogen and oxygen atoms in total. The minimum atomic E-state index is -0.330. The third kappa shape index (κ3) is 4.02. The molecule has 0 spiro atoms. The lowest BCUT2D eigenvalue weighted by Gasteiger charge is -2.12. The highest BCUT2D eigenvalue weighted by molar-refractivity contribution is 6.04. The molecule has 1 unspecified atom stereocenters. The monoisotopic (exact) mass is 328 g/mol. The van der Waals surface area contributed by atoms with E-state index >= 15 is 0 Å². The van der Waals surface area contributed by atoms with E-state index in [2.05, 4.69) is 5.32 Å². The minimum absolute atomic E-state index is 0.142. The summed E-state index contributed by atoms with van der Waals surface area (Å²) in [6.45, 7) is 1.30. The molecule has 2 aromatic rings. The van der Waals surface area contributed by atoms with Crippen LogP contribution in [0.5, 0.6) is 5.75 Å². The summed E-state index contributed by atoms with van der Waals surface area (Å²) in [7, 11) is 1.64. The van der Waals surface area contributed by atoms with Gasteiger partial charge in [-0.3, -0.25) is 9.59 Å². The lowest BCUT2D eigenvalue weighted by molar-refractivity contribution is 0.0680. The van der Waals surface area contributed by atoms with Crippen LogP contribution < -0.4 is 15.6 Å². The van der Waals surface area contributed by atoms with Gasteiger partial charge >= 0.3 is 0 Å². The SMILES string of the molecule is Cn1ccc(C(=O)Nc2cccc(OCC3CCCO3)c2)cc1=O. The predicted molar refractivity (Wildman–Crippen MR) is 90.5 cm³/mol. The number of benzene rings is 1. The van der Waals surface area contributed by atoms with Crippen molar-refractivity contribution in [3.8, 4) is 5.75 Å². The van der Waals surface area contributed by atoms with E-state index in [1.165, 1.54) is 10.6 Å². The molecular weight excluding hydrogens is 308 g/mol. The fraction of sp³-hybridized carbons (Fsp3) is 0.333. The number of amides is 1. The Morgan fingerprint density at radius 2 is 2.25 bits per heavy atom. The zero-order chi connectivity index (χ0) is 16.9. The predicted octanol–water partition coefficient (Wildman–Crippen LogP) is 2.20. The quantitative estimate of drug-likeness (QED) is 0.913. The molecule has 0 aliphatic carbocycles. The van der Waals surface area contributed by atoms with Crippen molar-refractivity contribution in [3.05, 3.63) is 58.5 Å². The lowest BCUT2D eigenvalue weighted by Crippen LogP contribution is -2.20. The third-order valence-corrected chi connectivity index (χ3v) is 3.92. The molecule has 0 saturated carbocycles. The van der Waals surface area contributed by atoms with Crippen molar-refractivity contribution in [1.82, 2.24) is 4.57 Å². The number of anilines is 1. The molecule has 1 atom stereocenters. The van der Waals surface area contributed by atoms with Gasteiger partial charge < -0.3 is 19.4 Å². The fourth-order valence-electron chi connectivity index (χ4n) is 2.52. The van der Waals surface area contributed by atoms with Crippen LogP contribution in [0.2, 0.25) is 0 Å². The van der Waals surface area contributed by atoms with E-state index in [-0.39, 0.29) is 17.6 Å². The first-order chi connectivity index (χ1) is 11.6. The van der Waals surface area contributed by atoms with E-state index in [1.54, 1.807) is 31.4 Å². The van der Waals surface area contributed by atoms with Gasteiger partial charge in [-0.2, -0.15) is 0 Å². The molecule has 126 valence electrons. The van der Waals surface area contributed by atoms with Gasteiger partial charge in [0.1, 0.15) is 12.4 Å². The van der Waals surface area contributed by atoms with Crippen molar-refractivity contribution in [2.24, 2.45) is 7.05 Å². The maximum Gasteiger partial charge on any atom is 0.255 e. The van der Waals surface area contributed by atoms with Crippen LogP contribution in [-0.4, -0.2) is 29.8 Å². The molecule has 1 aliphatic rings. The maximum absolute atomic E-state index is 12.2. The first kappa shape index (κ1) is 16.3. The molecule has 0 radical (unpaired) electrons. The van der Waals surface area contributed by atoms with Crippen molar-refractivity contribution in [2.75, 3.05) is 18.5 Å². The van der Waals surface area contributed by atoms with Gasteiger partial charge in [0.05, 0.1) is 6.10 Å². The van der Waals surface area contributed by atoms with Crippen LogP contribution in [0.1, 0.15) is 23.2 Å². The van der Waals surface area contributed by atoms with Gasteiger partial charge in [0, 0.05) is 43.2 Å². The molecule has 1 amide bonds. The van der Waals surface area contributed by atoms with Crippen molar-refractivity contribution in [2.45, 2.75) is 18.9 Å². The second kappa shape index (κ2) is 7.31. The standard InChI is InChI=1S/C18H20N2O4/c1-20-8-7-13(10-17(20)21)18(22)19-14-4-2-5-15(11-14)24-12-16-6-3-9-23-16/h2,4-5,7-8,10-11,16H,3,6,9,12H2,1H3,(H,19,22). The number of hydrogen-bond donors (Lipinski definition) is 1. The highest BCUT2D eigenvalue weighted by Gasteiger charge is 2.16. The molecule has 1 aromatic carbocycles. The summed E-state index contributed by atoms with van der Waals surface area (Å²) < 4.78 is 12.7. The van der Waals surface area contributed by atoms with Crippen LogP contribution in [0.3, 0.4) is 0 Å².